The Morgan fingerprint density at radius 2 is 2.04 bits per heavy atom. The van der Waals surface area contributed by atoms with Crippen LogP contribution in [0.4, 0.5) is 5.13 Å². The number of thiophene rings is 1. The number of hydrogen-bond donors (Lipinski definition) is 1. The molecule has 0 amide bonds. The number of hydrogen-bond acceptors (Lipinski definition) is 7. The van der Waals surface area contributed by atoms with E-state index >= 15 is 0 Å². The molecule has 1 aliphatic rings. The summed E-state index contributed by atoms with van der Waals surface area (Å²) in [6.45, 7) is 0.557. The second-order valence-electron chi connectivity index (χ2n) is 5.77. The topological polar surface area (TPSA) is 86.7 Å². The average Bonchev–Trinajstić information content (AvgIpc) is 3.03. The number of anilines is 1. The normalized spacial score (nSPS) is 14.8. The third-order valence-electron chi connectivity index (χ3n) is 4.24. The van der Waals surface area contributed by atoms with Crippen LogP contribution in [0.3, 0.4) is 0 Å². The van der Waals surface area contributed by atoms with Crippen LogP contribution < -0.4 is 11.3 Å². The summed E-state index contributed by atoms with van der Waals surface area (Å²) >= 11 is 3.06. The standard InChI is InChI=1S/C15H17N5OS2/c16-15-19-18-11(23-15)6-7-20-8-17-13-12(14(20)21)9-4-2-1-3-5-10(9)22-13/h8H,1-7H2,(H2,16,19). The number of aromatic nitrogens is 4. The van der Waals surface area contributed by atoms with Crippen molar-refractivity contribution in [3.05, 3.63) is 32.1 Å². The molecule has 6 nitrogen and oxygen atoms in total. The molecule has 0 atom stereocenters. The highest BCUT2D eigenvalue weighted by Gasteiger charge is 2.19. The van der Waals surface area contributed by atoms with E-state index in [1.807, 2.05) is 0 Å². The summed E-state index contributed by atoms with van der Waals surface area (Å²) in [6, 6.07) is 0. The summed E-state index contributed by atoms with van der Waals surface area (Å²) in [4.78, 5) is 19.6. The van der Waals surface area contributed by atoms with E-state index < -0.39 is 0 Å². The Hall–Kier alpha value is -1.80. The summed E-state index contributed by atoms with van der Waals surface area (Å²) in [5, 5.41) is 9.96. The first-order valence-corrected chi connectivity index (χ1v) is 9.43. The molecule has 0 aliphatic heterocycles. The molecule has 3 aromatic heterocycles. The van der Waals surface area contributed by atoms with Gasteiger partial charge in [-0.3, -0.25) is 9.36 Å². The Morgan fingerprint density at radius 1 is 1.17 bits per heavy atom. The van der Waals surface area contributed by atoms with Gasteiger partial charge in [-0.15, -0.1) is 21.5 Å². The van der Waals surface area contributed by atoms with Crippen LogP contribution in [0.5, 0.6) is 0 Å². The molecule has 2 N–H and O–H groups in total. The van der Waals surface area contributed by atoms with Crippen LogP contribution in [-0.4, -0.2) is 19.7 Å². The summed E-state index contributed by atoms with van der Waals surface area (Å²) in [5.41, 5.74) is 6.92. The molecule has 8 heteroatoms. The fourth-order valence-corrected chi connectivity index (χ4v) is 4.92. The minimum Gasteiger partial charge on any atom is -0.374 e. The zero-order chi connectivity index (χ0) is 15.8. The Balaban J connectivity index is 1.69. The number of nitrogens with two attached hydrogens (primary N) is 1. The van der Waals surface area contributed by atoms with E-state index in [-0.39, 0.29) is 5.56 Å². The van der Waals surface area contributed by atoms with E-state index in [0.29, 0.717) is 18.1 Å². The van der Waals surface area contributed by atoms with Crippen molar-refractivity contribution < 1.29 is 0 Å². The third-order valence-corrected chi connectivity index (χ3v) is 6.25. The smallest absolute Gasteiger partial charge is 0.262 e. The van der Waals surface area contributed by atoms with Gasteiger partial charge in [-0.05, 0) is 31.2 Å². The van der Waals surface area contributed by atoms with E-state index in [1.165, 1.54) is 34.6 Å². The first-order chi connectivity index (χ1) is 11.2. The maximum absolute atomic E-state index is 12.9. The van der Waals surface area contributed by atoms with Gasteiger partial charge < -0.3 is 5.73 Å². The summed E-state index contributed by atoms with van der Waals surface area (Å²) in [6.07, 6.45) is 8.02. The fourth-order valence-electron chi connectivity index (χ4n) is 3.10. The number of fused-ring (bicyclic) bond motifs is 3. The molecule has 3 aromatic rings. The molecule has 0 saturated heterocycles. The van der Waals surface area contributed by atoms with Gasteiger partial charge in [0.2, 0.25) is 5.13 Å². The number of rotatable bonds is 3. The first-order valence-electron chi connectivity index (χ1n) is 7.80. The minimum atomic E-state index is 0.0758. The van der Waals surface area contributed by atoms with E-state index in [2.05, 4.69) is 15.2 Å². The Kier molecular flexibility index (Phi) is 3.86. The summed E-state index contributed by atoms with van der Waals surface area (Å²) < 4.78 is 1.69. The molecule has 0 radical (unpaired) electrons. The van der Waals surface area contributed by atoms with Crippen LogP contribution in [0.2, 0.25) is 0 Å². The molecule has 0 saturated carbocycles. The van der Waals surface area contributed by atoms with Crippen molar-refractivity contribution in [3.8, 4) is 0 Å². The fraction of sp³-hybridized carbons (Fsp3) is 0.467. The van der Waals surface area contributed by atoms with Gasteiger partial charge >= 0.3 is 0 Å². The minimum absolute atomic E-state index is 0.0758. The molecule has 120 valence electrons. The molecule has 23 heavy (non-hydrogen) atoms. The maximum Gasteiger partial charge on any atom is 0.262 e. The van der Waals surface area contributed by atoms with Gasteiger partial charge in [-0.1, -0.05) is 17.8 Å². The largest absolute Gasteiger partial charge is 0.374 e. The van der Waals surface area contributed by atoms with Gasteiger partial charge in [0.05, 0.1) is 11.7 Å². The lowest BCUT2D eigenvalue weighted by molar-refractivity contribution is 0.657. The van der Waals surface area contributed by atoms with Crippen molar-refractivity contribution in [2.24, 2.45) is 0 Å². The molecule has 4 rings (SSSR count). The van der Waals surface area contributed by atoms with Gasteiger partial charge in [-0.25, -0.2) is 4.98 Å². The van der Waals surface area contributed by atoms with Gasteiger partial charge in [-0.2, -0.15) is 0 Å². The Bertz CT molecular complexity index is 910. The highest BCUT2D eigenvalue weighted by Crippen LogP contribution is 2.32. The van der Waals surface area contributed by atoms with Crippen LogP contribution in [0.15, 0.2) is 11.1 Å². The lowest BCUT2D eigenvalue weighted by atomic mass is 10.1. The zero-order valence-corrected chi connectivity index (χ0v) is 14.3. The number of aryl methyl sites for hydroxylation is 4. The van der Waals surface area contributed by atoms with E-state index in [1.54, 1.807) is 22.2 Å². The van der Waals surface area contributed by atoms with Crippen LogP contribution in [-0.2, 0) is 25.8 Å². The molecule has 0 unspecified atom stereocenters. The van der Waals surface area contributed by atoms with Crippen LogP contribution >= 0.6 is 22.7 Å². The van der Waals surface area contributed by atoms with Crippen molar-refractivity contribution in [2.45, 2.75) is 45.1 Å². The highest BCUT2D eigenvalue weighted by atomic mass is 32.1. The van der Waals surface area contributed by atoms with Crippen LogP contribution in [0.25, 0.3) is 10.2 Å². The monoisotopic (exact) mass is 347 g/mol. The Morgan fingerprint density at radius 3 is 2.87 bits per heavy atom. The van der Waals surface area contributed by atoms with Crippen LogP contribution in [0.1, 0.15) is 34.7 Å². The average molecular weight is 347 g/mol. The van der Waals surface area contributed by atoms with E-state index in [0.717, 1.165) is 34.5 Å². The van der Waals surface area contributed by atoms with Crippen molar-refractivity contribution in [1.82, 2.24) is 19.7 Å². The molecule has 0 aromatic carbocycles. The molecule has 1 aliphatic carbocycles. The lowest BCUT2D eigenvalue weighted by Crippen LogP contribution is -2.21. The zero-order valence-electron chi connectivity index (χ0n) is 12.6. The first kappa shape index (κ1) is 14.8. The molecule has 0 spiro atoms. The molecule has 0 bridgehead atoms. The van der Waals surface area contributed by atoms with Gasteiger partial charge in [0, 0.05) is 17.8 Å². The molecule has 0 fully saturated rings. The van der Waals surface area contributed by atoms with Crippen molar-refractivity contribution in [2.75, 3.05) is 5.73 Å². The van der Waals surface area contributed by atoms with E-state index in [4.69, 9.17) is 5.73 Å². The molecular formula is C15H17N5OS2. The van der Waals surface area contributed by atoms with Crippen molar-refractivity contribution in [1.29, 1.82) is 0 Å². The SMILES string of the molecule is Nc1nnc(CCn2cnc3sc4c(c3c2=O)CCCCC4)s1. The molecule has 3 heterocycles. The number of nitrogen functional groups attached to an aromatic ring is 1. The summed E-state index contributed by atoms with van der Waals surface area (Å²) in [7, 11) is 0. The van der Waals surface area contributed by atoms with Crippen molar-refractivity contribution >= 4 is 38.0 Å². The second kappa shape index (κ2) is 6.01. The van der Waals surface area contributed by atoms with Gasteiger partial charge in [0.1, 0.15) is 9.84 Å². The maximum atomic E-state index is 12.9. The van der Waals surface area contributed by atoms with E-state index in [9.17, 15) is 4.79 Å². The quantitative estimate of drug-likeness (QED) is 0.735. The number of nitrogens with zero attached hydrogens (tertiary/aromatic N) is 4. The molecular weight excluding hydrogens is 330 g/mol. The van der Waals surface area contributed by atoms with Gasteiger partial charge in [0.25, 0.3) is 5.56 Å². The Labute approximate surface area is 141 Å². The predicted molar refractivity (Wildman–Crippen MR) is 93.2 cm³/mol. The van der Waals surface area contributed by atoms with Crippen LogP contribution in [0, 0.1) is 0 Å². The van der Waals surface area contributed by atoms with Gasteiger partial charge in [0.15, 0.2) is 0 Å². The lowest BCUT2D eigenvalue weighted by Gasteiger charge is -2.04. The second-order valence-corrected chi connectivity index (χ2v) is 7.95. The third kappa shape index (κ3) is 2.76. The van der Waals surface area contributed by atoms with Crippen molar-refractivity contribution in [3.63, 3.8) is 0 Å². The highest BCUT2D eigenvalue weighted by molar-refractivity contribution is 7.18. The summed E-state index contributed by atoms with van der Waals surface area (Å²) in [5.74, 6) is 0. The predicted octanol–water partition coefficient (Wildman–Crippen LogP) is 2.40.